The van der Waals surface area contributed by atoms with E-state index in [9.17, 15) is 0 Å². The highest BCUT2D eigenvalue weighted by Crippen LogP contribution is 2.29. The Morgan fingerprint density at radius 2 is 2.20 bits per heavy atom. The minimum Gasteiger partial charge on any atom is -0.384 e. The van der Waals surface area contributed by atoms with Gasteiger partial charge in [-0.05, 0) is 44.9 Å². The Kier molecular flexibility index (Phi) is 3.38. The molecular formula is C15H23N5. The normalized spacial score (nSPS) is 22.9. The average Bonchev–Trinajstić information content (AvgIpc) is 2.84. The second-order valence-electron chi connectivity index (χ2n) is 6.04. The van der Waals surface area contributed by atoms with Crippen molar-refractivity contribution in [1.82, 2.24) is 9.88 Å². The van der Waals surface area contributed by atoms with Crippen LogP contribution in [0.1, 0.15) is 30.2 Å². The fourth-order valence-corrected chi connectivity index (χ4v) is 3.33. The van der Waals surface area contributed by atoms with E-state index in [1.165, 1.54) is 17.7 Å². The van der Waals surface area contributed by atoms with Crippen molar-refractivity contribution in [3.8, 4) is 0 Å². The second kappa shape index (κ2) is 5.05. The van der Waals surface area contributed by atoms with Gasteiger partial charge in [-0.25, -0.2) is 4.98 Å². The topological polar surface area (TPSA) is 69.2 Å². The number of nitrogens with one attached hydrogen (secondary N) is 1. The van der Waals surface area contributed by atoms with Gasteiger partial charge in [-0.2, -0.15) is 0 Å². The first kappa shape index (κ1) is 13.4. The van der Waals surface area contributed by atoms with Gasteiger partial charge in [0.15, 0.2) is 0 Å². The first-order chi connectivity index (χ1) is 9.56. The predicted molar refractivity (Wildman–Crippen MR) is 81.6 cm³/mol. The van der Waals surface area contributed by atoms with Crippen molar-refractivity contribution in [3.05, 3.63) is 22.9 Å². The molecular weight excluding hydrogens is 250 g/mol. The van der Waals surface area contributed by atoms with Gasteiger partial charge in [-0.1, -0.05) is 0 Å². The summed E-state index contributed by atoms with van der Waals surface area (Å²) in [7, 11) is 2.15. The average molecular weight is 273 g/mol. The highest BCUT2D eigenvalue weighted by Gasteiger charge is 2.27. The van der Waals surface area contributed by atoms with Crippen LogP contribution in [0.25, 0.3) is 0 Å². The van der Waals surface area contributed by atoms with Crippen LogP contribution in [0.4, 0.5) is 5.82 Å². The molecule has 3 N–H and O–H groups in total. The molecule has 108 valence electrons. The molecule has 1 atom stereocenters. The van der Waals surface area contributed by atoms with Crippen LogP contribution in [0.3, 0.4) is 0 Å². The van der Waals surface area contributed by atoms with Gasteiger partial charge in [-0.3, -0.25) is 5.41 Å². The van der Waals surface area contributed by atoms with Crippen LogP contribution in [-0.2, 0) is 12.8 Å². The summed E-state index contributed by atoms with van der Waals surface area (Å²) < 4.78 is 0. The Morgan fingerprint density at radius 3 is 2.90 bits per heavy atom. The number of fused-ring (bicyclic) bond motifs is 1. The van der Waals surface area contributed by atoms with E-state index in [0.29, 0.717) is 6.04 Å². The number of hydrogen-bond acceptors (Lipinski definition) is 4. The zero-order valence-electron chi connectivity index (χ0n) is 12.3. The van der Waals surface area contributed by atoms with Crippen LogP contribution in [0, 0.1) is 5.41 Å². The molecule has 0 aromatic carbocycles. The van der Waals surface area contributed by atoms with Gasteiger partial charge in [0.05, 0.1) is 5.56 Å². The minimum atomic E-state index is 0.133. The van der Waals surface area contributed by atoms with Crippen LogP contribution in [0.2, 0.25) is 0 Å². The zero-order chi connectivity index (χ0) is 14.3. The Hall–Kier alpha value is -1.62. The number of aromatic nitrogens is 1. The molecule has 1 saturated heterocycles. The molecule has 0 spiro atoms. The molecule has 5 nitrogen and oxygen atoms in total. The Labute approximate surface area is 120 Å². The monoisotopic (exact) mass is 273 g/mol. The molecule has 0 radical (unpaired) electrons. The van der Waals surface area contributed by atoms with Gasteiger partial charge in [0, 0.05) is 31.4 Å². The van der Waals surface area contributed by atoms with Crippen LogP contribution in [0.15, 0.2) is 6.07 Å². The molecule has 1 aromatic heterocycles. The van der Waals surface area contributed by atoms with Crippen molar-refractivity contribution in [3.63, 3.8) is 0 Å². The Balaban J connectivity index is 2.01. The van der Waals surface area contributed by atoms with Crippen LogP contribution >= 0.6 is 0 Å². The number of likely N-dealkylation sites (N-methyl/N-ethyl adjacent to an activating group) is 1. The fourth-order valence-electron chi connectivity index (χ4n) is 3.33. The van der Waals surface area contributed by atoms with Gasteiger partial charge in [-0.15, -0.1) is 0 Å². The SMILES string of the molecule is CC1CN(C)CCN1c1nc2c(cc1C(=N)N)CCC2. The van der Waals surface area contributed by atoms with Crippen molar-refractivity contribution in [2.75, 3.05) is 31.6 Å². The summed E-state index contributed by atoms with van der Waals surface area (Å²) in [6.45, 7) is 5.22. The van der Waals surface area contributed by atoms with E-state index < -0.39 is 0 Å². The summed E-state index contributed by atoms with van der Waals surface area (Å²) >= 11 is 0. The number of amidine groups is 1. The third-order valence-electron chi connectivity index (χ3n) is 4.42. The van der Waals surface area contributed by atoms with E-state index in [1.807, 2.05) is 0 Å². The molecule has 1 fully saturated rings. The van der Waals surface area contributed by atoms with Crippen molar-refractivity contribution in [2.24, 2.45) is 5.73 Å². The lowest BCUT2D eigenvalue weighted by Gasteiger charge is -2.39. The van der Waals surface area contributed by atoms with Crippen LogP contribution in [0.5, 0.6) is 0 Å². The van der Waals surface area contributed by atoms with Gasteiger partial charge < -0.3 is 15.5 Å². The quantitative estimate of drug-likeness (QED) is 0.623. The summed E-state index contributed by atoms with van der Waals surface area (Å²) in [6, 6.07) is 2.50. The number of nitrogen functional groups attached to an aromatic ring is 1. The first-order valence-electron chi connectivity index (χ1n) is 7.38. The number of aryl methyl sites for hydroxylation is 2. The molecule has 1 unspecified atom stereocenters. The van der Waals surface area contributed by atoms with Gasteiger partial charge >= 0.3 is 0 Å². The van der Waals surface area contributed by atoms with Gasteiger partial charge in [0.25, 0.3) is 0 Å². The van der Waals surface area contributed by atoms with E-state index in [1.54, 1.807) is 0 Å². The largest absolute Gasteiger partial charge is 0.384 e. The summed E-state index contributed by atoms with van der Waals surface area (Å²) in [6.07, 6.45) is 3.30. The molecule has 1 aliphatic heterocycles. The van der Waals surface area contributed by atoms with E-state index >= 15 is 0 Å². The smallest absolute Gasteiger partial charge is 0.140 e. The Morgan fingerprint density at radius 1 is 1.40 bits per heavy atom. The van der Waals surface area contributed by atoms with E-state index in [2.05, 4.69) is 29.8 Å². The lowest BCUT2D eigenvalue weighted by atomic mass is 10.1. The maximum Gasteiger partial charge on any atom is 0.140 e. The van der Waals surface area contributed by atoms with Gasteiger partial charge in [0.2, 0.25) is 0 Å². The second-order valence-corrected chi connectivity index (χ2v) is 6.04. The molecule has 0 amide bonds. The van der Waals surface area contributed by atoms with Crippen molar-refractivity contribution in [1.29, 1.82) is 5.41 Å². The minimum absolute atomic E-state index is 0.133. The lowest BCUT2D eigenvalue weighted by Crippen LogP contribution is -2.51. The number of pyridine rings is 1. The number of hydrogen-bond donors (Lipinski definition) is 2. The fraction of sp³-hybridized carbons (Fsp3) is 0.600. The van der Waals surface area contributed by atoms with E-state index in [-0.39, 0.29) is 5.84 Å². The maximum absolute atomic E-state index is 7.86. The summed E-state index contributed by atoms with van der Waals surface area (Å²) in [5.41, 5.74) is 9.08. The molecule has 0 saturated carbocycles. The van der Waals surface area contributed by atoms with E-state index in [4.69, 9.17) is 16.1 Å². The van der Waals surface area contributed by atoms with Crippen LogP contribution in [-0.4, -0.2) is 48.4 Å². The van der Waals surface area contributed by atoms with Crippen LogP contribution < -0.4 is 10.6 Å². The maximum atomic E-state index is 7.86. The summed E-state index contributed by atoms with van der Waals surface area (Å²) in [5.74, 6) is 1.05. The Bertz CT molecular complexity index is 539. The molecule has 1 aromatic rings. The third kappa shape index (κ3) is 2.26. The number of piperazine rings is 1. The highest BCUT2D eigenvalue weighted by atomic mass is 15.3. The molecule has 5 heteroatoms. The number of nitrogens with zero attached hydrogens (tertiary/aromatic N) is 3. The van der Waals surface area contributed by atoms with Crippen molar-refractivity contribution in [2.45, 2.75) is 32.2 Å². The van der Waals surface area contributed by atoms with Gasteiger partial charge in [0.1, 0.15) is 11.7 Å². The van der Waals surface area contributed by atoms with E-state index in [0.717, 1.165) is 43.9 Å². The van der Waals surface area contributed by atoms with Crippen molar-refractivity contribution < 1.29 is 0 Å². The molecule has 1 aliphatic carbocycles. The molecule has 20 heavy (non-hydrogen) atoms. The lowest BCUT2D eigenvalue weighted by molar-refractivity contribution is 0.274. The molecule has 0 bridgehead atoms. The standard InChI is InChI=1S/C15H23N5/c1-10-9-19(2)6-7-20(10)15-12(14(16)17)8-11-4-3-5-13(11)18-15/h8,10H,3-7,9H2,1-2H3,(H3,16,17). The highest BCUT2D eigenvalue weighted by molar-refractivity contribution is 6.00. The van der Waals surface area contributed by atoms with Crippen molar-refractivity contribution >= 4 is 11.7 Å². The zero-order valence-corrected chi connectivity index (χ0v) is 12.3. The molecule has 2 aliphatic rings. The number of anilines is 1. The number of nitrogens with two attached hydrogens (primary N) is 1. The third-order valence-corrected chi connectivity index (χ3v) is 4.42. The summed E-state index contributed by atoms with van der Waals surface area (Å²) in [4.78, 5) is 9.51. The molecule has 2 heterocycles. The predicted octanol–water partition coefficient (Wildman–Crippen LogP) is 0.995. The number of rotatable bonds is 2. The molecule has 3 rings (SSSR count). The first-order valence-corrected chi connectivity index (χ1v) is 7.38. The summed E-state index contributed by atoms with van der Waals surface area (Å²) in [5, 5.41) is 7.86.